The summed E-state index contributed by atoms with van der Waals surface area (Å²) < 4.78 is 5.36. The molecule has 4 aromatic heterocycles. The first-order valence-corrected chi connectivity index (χ1v) is 6.39. The van der Waals surface area contributed by atoms with Crippen LogP contribution in [0.4, 0.5) is 0 Å². The molecule has 0 spiro atoms. The highest BCUT2D eigenvalue weighted by atomic mass is 15.5. The SMILES string of the molecule is Cc1cc2n(-c3c(C)nn4[nH]c(C)nc34)nc(C)n2n1. The van der Waals surface area contributed by atoms with Gasteiger partial charge in [-0.1, -0.05) is 0 Å². The number of fused-ring (bicyclic) bond motifs is 2. The van der Waals surface area contributed by atoms with Crippen LogP contribution in [0.5, 0.6) is 0 Å². The first-order valence-electron chi connectivity index (χ1n) is 6.39. The highest BCUT2D eigenvalue weighted by Gasteiger charge is 2.19. The molecule has 0 amide bonds. The van der Waals surface area contributed by atoms with Crippen molar-refractivity contribution < 1.29 is 0 Å². The summed E-state index contributed by atoms with van der Waals surface area (Å²) >= 11 is 0. The zero-order valence-corrected chi connectivity index (χ0v) is 11.7. The van der Waals surface area contributed by atoms with Crippen LogP contribution in [-0.4, -0.2) is 39.2 Å². The average molecular weight is 270 g/mol. The molecule has 0 fully saturated rings. The summed E-state index contributed by atoms with van der Waals surface area (Å²) in [6.45, 7) is 7.75. The maximum atomic E-state index is 4.56. The van der Waals surface area contributed by atoms with Gasteiger partial charge in [0.2, 0.25) is 5.65 Å². The Labute approximate surface area is 114 Å². The highest BCUT2D eigenvalue weighted by Crippen LogP contribution is 2.21. The third kappa shape index (κ3) is 1.30. The van der Waals surface area contributed by atoms with Crippen molar-refractivity contribution in [2.24, 2.45) is 0 Å². The van der Waals surface area contributed by atoms with Crippen molar-refractivity contribution in [3.05, 3.63) is 29.1 Å². The maximum Gasteiger partial charge on any atom is 0.201 e. The van der Waals surface area contributed by atoms with Crippen molar-refractivity contribution in [1.82, 2.24) is 39.2 Å². The molecule has 4 heterocycles. The van der Waals surface area contributed by atoms with Crippen LogP contribution in [-0.2, 0) is 0 Å². The van der Waals surface area contributed by atoms with Gasteiger partial charge in [-0.2, -0.15) is 24.4 Å². The van der Waals surface area contributed by atoms with Gasteiger partial charge in [-0.05, 0) is 27.7 Å². The molecule has 0 saturated heterocycles. The Kier molecular flexibility index (Phi) is 1.94. The Morgan fingerprint density at radius 1 is 1.05 bits per heavy atom. The smallest absolute Gasteiger partial charge is 0.201 e. The molecule has 0 radical (unpaired) electrons. The fourth-order valence-corrected chi connectivity index (χ4v) is 2.55. The number of H-pyrrole nitrogens is 1. The second-order valence-corrected chi connectivity index (χ2v) is 4.99. The zero-order chi connectivity index (χ0) is 14.0. The monoisotopic (exact) mass is 270 g/mol. The molecular weight excluding hydrogens is 256 g/mol. The summed E-state index contributed by atoms with van der Waals surface area (Å²) in [5.74, 6) is 1.65. The van der Waals surface area contributed by atoms with E-state index in [0.717, 1.165) is 40.0 Å². The van der Waals surface area contributed by atoms with Gasteiger partial charge < -0.3 is 0 Å². The van der Waals surface area contributed by atoms with Gasteiger partial charge in [0.1, 0.15) is 17.3 Å². The molecular formula is C12H14N8. The third-order valence-corrected chi connectivity index (χ3v) is 3.34. The minimum absolute atomic E-state index is 0.767. The summed E-state index contributed by atoms with van der Waals surface area (Å²) in [6, 6.07) is 2.00. The molecule has 0 aliphatic rings. The van der Waals surface area contributed by atoms with Crippen LogP contribution < -0.4 is 0 Å². The molecule has 4 aromatic rings. The molecule has 0 bridgehead atoms. The summed E-state index contributed by atoms with van der Waals surface area (Å²) in [5.41, 5.74) is 4.39. The minimum atomic E-state index is 0.767. The van der Waals surface area contributed by atoms with E-state index in [9.17, 15) is 0 Å². The number of rotatable bonds is 1. The normalized spacial score (nSPS) is 12.0. The number of aromatic amines is 1. The lowest BCUT2D eigenvalue weighted by Gasteiger charge is -1.98. The number of nitrogens with one attached hydrogen (secondary N) is 1. The number of aromatic nitrogens is 8. The first-order chi connectivity index (χ1) is 9.54. The van der Waals surface area contributed by atoms with E-state index in [1.807, 2.05) is 43.0 Å². The van der Waals surface area contributed by atoms with Gasteiger partial charge in [0, 0.05) is 6.07 Å². The Hall–Kier alpha value is -2.64. The van der Waals surface area contributed by atoms with Gasteiger partial charge in [0.25, 0.3) is 0 Å². The van der Waals surface area contributed by atoms with Crippen LogP contribution >= 0.6 is 0 Å². The Morgan fingerprint density at radius 3 is 2.65 bits per heavy atom. The zero-order valence-electron chi connectivity index (χ0n) is 11.7. The van der Waals surface area contributed by atoms with Gasteiger partial charge in [-0.25, -0.2) is 9.67 Å². The molecule has 0 aliphatic carbocycles. The van der Waals surface area contributed by atoms with Crippen LogP contribution in [0.25, 0.3) is 17.0 Å². The molecule has 20 heavy (non-hydrogen) atoms. The van der Waals surface area contributed by atoms with Crippen molar-refractivity contribution in [1.29, 1.82) is 0 Å². The predicted molar refractivity (Wildman–Crippen MR) is 72.2 cm³/mol. The molecule has 0 unspecified atom stereocenters. The summed E-state index contributed by atoms with van der Waals surface area (Å²) in [5, 5.41) is 16.5. The fourth-order valence-electron chi connectivity index (χ4n) is 2.55. The Morgan fingerprint density at radius 2 is 1.85 bits per heavy atom. The number of hydrogen-bond donors (Lipinski definition) is 1. The predicted octanol–water partition coefficient (Wildman–Crippen LogP) is 1.12. The van der Waals surface area contributed by atoms with E-state index in [1.54, 1.807) is 4.63 Å². The molecule has 1 N–H and O–H groups in total. The van der Waals surface area contributed by atoms with Gasteiger partial charge in [0.15, 0.2) is 5.65 Å². The highest BCUT2D eigenvalue weighted by molar-refractivity contribution is 5.65. The molecule has 0 saturated carbocycles. The lowest BCUT2D eigenvalue weighted by atomic mass is 10.4. The Balaban J connectivity index is 2.12. The summed E-state index contributed by atoms with van der Waals surface area (Å²) in [6.07, 6.45) is 0. The first kappa shape index (κ1) is 11.2. The minimum Gasteiger partial charge on any atom is -0.263 e. The molecule has 0 aromatic carbocycles. The summed E-state index contributed by atoms with van der Waals surface area (Å²) in [7, 11) is 0. The van der Waals surface area contributed by atoms with Crippen molar-refractivity contribution in [2.75, 3.05) is 0 Å². The molecule has 102 valence electrons. The molecule has 8 heteroatoms. The number of aryl methyl sites for hydroxylation is 4. The molecule has 4 rings (SSSR count). The average Bonchev–Trinajstić information content (AvgIpc) is 3.03. The van der Waals surface area contributed by atoms with E-state index in [1.165, 1.54) is 0 Å². The van der Waals surface area contributed by atoms with E-state index in [-0.39, 0.29) is 0 Å². The standard InChI is InChI=1S/C12H14N8/c1-6-5-10-18(14-6)9(4)17-19(10)11-7(2)15-20-12(11)13-8(3)16-20/h5H,1-4H3,(H,13,16). The maximum absolute atomic E-state index is 4.56. The molecule has 0 atom stereocenters. The topological polar surface area (TPSA) is 81.1 Å². The van der Waals surface area contributed by atoms with Crippen molar-refractivity contribution >= 4 is 11.3 Å². The van der Waals surface area contributed by atoms with E-state index < -0.39 is 0 Å². The van der Waals surface area contributed by atoms with Crippen molar-refractivity contribution in [2.45, 2.75) is 27.7 Å². The fraction of sp³-hybridized carbons (Fsp3) is 0.333. The quantitative estimate of drug-likeness (QED) is 0.562. The summed E-state index contributed by atoms with van der Waals surface area (Å²) in [4.78, 5) is 4.49. The van der Waals surface area contributed by atoms with Gasteiger partial charge in [-0.15, -0.1) is 0 Å². The lowest BCUT2D eigenvalue weighted by Crippen LogP contribution is -1.98. The van der Waals surface area contributed by atoms with Crippen LogP contribution in [0.1, 0.15) is 23.0 Å². The lowest BCUT2D eigenvalue weighted by molar-refractivity contribution is 0.792. The van der Waals surface area contributed by atoms with E-state index in [2.05, 4.69) is 25.4 Å². The molecule has 8 nitrogen and oxygen atoms in total. The largest absolute Gasteiger partial charge is 0.263 e. The van der Waals surface area contributed by atoms with E-state index >= 15 is 0 Å². The molecule has 0 aliphatic heterocycles. The third-order valence-electron chi connectivity index (χ3n) is 3.34. The van der Waals surface area contributed by atoms with Crippen LogP contribution in [0.15, 0.2) is 6.07 Å². The number of nitrogens with zero attached hydrogens (tertiary/aromatic N) is 7. The number of hydrogen-bond acceptors (Lipinski definition) is 4. The Bertz CT molecular complexity index is 947. The van der Waals surface area contributed by atoms with Gasteiger partial charge in [0.05, 0.1) is 11.4 Å². The second kappa shape index (κ2) is 3.47. The van der Waals surface area contributed by atoms with Crippen LogP contribution in [0.2, 0.25) is 0 Å². The van der Waals surface area contributed by atoms with Gasteiger partial charge >= 0.3 is 0 Å². The van der Waals surface area contributed by atoms with E-state index in [4.69, 9.17) is 0 Å². The van der Waals surface area contributed by atoms with Crippen molar-refractivity contribution in [3.8, 4) is 5.69 Å². The van der Waals surface area contributed by atoms with E-state index in [0.29, 0.717) is 0 Å². The van der Waals surface area contributed by atoms with Crippen molar-refractivity contribution in [3.63, 3.8) is 0 Å². The van der Waals surface area contributed by atoms with Crippen LogP contribution in [0.3, 0.4) is 0 Å². The van der Waals surface area contributed by atoms with Crippen LogP contribution in [0, 0.1) is 27.7 Å². The van der Waals surface area contributed by atoms with Gasteiger partial charge in [-0.3, -0.25) is 5.10 Å². The second-order valence-electron chi connectivity index (χ2n) is 4.99.